The predicted octanol–water partition coefficient (Wildman–Crippen LogP) is 2.60. The van der Waals surface area contributed by atoms with Crippen molar-refractivity contribution in [3.05, 3.63) is 23.4 Å². The third-order valence-electron chi connectivity index (χ3n) is 2.00. The highest BCUT2D eigenvalue weighted by molar-refractivity contribution is 5.35. The van der Waals surface area contributed by atoms with Gasteiger partial charge in [-0.1, -0.05) is 32.9 Å². The van der Waals surface area contributed by atoms with Gasteiger partial charge < -0.3 is 5.73 Å². The molecule has 0 radical (unpaired) electrons. The molecular formula is C10H17N. The monoisotopic (exact) mass is 151 g/mol. The Labute approximate surface area is 69.0 Å². The van der Waals surface area contributed by atoms with Crippen LogP contribution in [-0.2, 0) is 0 Å². The van der Waals surface area contributed by atoms with Crippen LogP contribution in [0.15, 0.2) is 23.4 Å². The molecule has 0 aliphatic heterocycles. The Kier molecular flexibility index (Phi) is 2.08. The van der Waals surface area contributed by atoms with Gasteiger partial charge in [-0.25, -0.2) is 0 Å². The standard InChI is InChI=1S/C10H17N/c1-10(2,3)8-6-4-5-7-9(8)11/h6-7H,4-5,11H2,1-3H3. The highest BCUT2D eigenvalue weighted by Gasteiger charge is 2.19. The Hall–Kier alpha value is -0.720. The van der Waals surface area contributed by atoms with E-state index in [1.54, 1.807) is 0 Å². The summed E-state index contributed by atoms with van der Waals surface area (Å²) in [7, 11) is 0. The third-order valence-corrected chi connectivity index (χ3v) is 2.00. The van der Waals surface area contributed by atoms with Crippen molar-refractivity contribution in [2.24, 2.45) is 11.1 Å². The molecule has 62 valence electrons. The maximum atomic E-state index is 5.86. The van der Waals surface area contributed by atoms with Gasteiger partial charge in [-0.2, -0.15) is 0 Å². The molecule has 0 bridgehead atoms. The fourth-order valence-electron chi connectivity index (χ4n) is 1.43. The molecule has 1 nitrogen and oxygen atoms in total. The highest BCUT2D eigenvalue weighted by Crippen LogP contribution is 2.31. The van der Waals surface area contributed by atoms with Crippen LogP contribution in [0.1, 0.15) is 33.6 Å². The van der Waals surface area contributed by atoms with Crippen LogP contribution in [0.5, 0.6) is 0 Å². The molecule has 1 aliphatic carbocycles. The van der Waals surface area contributed by atoms with Crippen LogP contribution in [-0.4, -0.2) is 0 Å². The maximum absolute atomic E-state index is 5.86. The molecule has 0 amide bonds. The second kappa shape index (κ2) is 2.72. The van der Waals surface area contributed by atoms with Gasteiger partial charge in [0, 0.05) is 5.70 Å². The third kappa shape index (κ3) is 1.86. The summed E-state index contributed by atoms with van der Waals surface area (Å²) in [5.41, 5.74) is 8.35. The molecule has 11 heavy (non-hydrogen) atoms. The van der Waals surface area contributed by atoms with E-state index in [9.17, 15) is 0 Å². The van der Waals surface area contributed by atoms with Crippen LogP contribution in [0.2, 0.25) is 0 Å². The van der Waals surface area contributed by atoms with Crippen molar-refractivity contribution in [3.8, 4) is 0 Å². The molecule has 1 heteroatoms. The summed E-state index contributed by atoms with van der Waals surface area (Å²) in [6.07, 6.45) is 6.63. The van der Waals surface area contributed by atoms with Gasteiger partial charge in [-0.05, 0) is 23.8 Å². The SMILES string of the molecule is CC(C)(C)C1=CCCC=C1N. The Bertz CT molecular complexity index is 203. The number of rotatable bonds is 0. The van der Waals surface area contributed by atoms with Crippen molar-refractivity contribution in [1.82, 2.24) is 0 Å². The summed E-state index contributed by atoms with van der Waals surface area (Å²) < 4.78 is 0. The average Bonchev–Trinajstić information content (AvgIpc) is 1.86. The molecule has 0 saturated heterocycles. The summed E-state index contributed by atoms with van der Waals surface area (Å²) in [5, 5.41) is 0. The minimum atomic E-state index is 0.209. The second-order valence-corrected chi connectivity index (χ2v) is 4.10. The van der Waals surface area contributed by atoms with Crippen molar-refractivity contribution < 1.29 is 0 Å². The summed E-state index contributed by atoms with van der Waals surface area (Å²) >= 11 is 0. The first-order chi connectivity index (χ1) is 5.02. The lowest BCUT2D eigenvalue weighted by Gasteiger charge is -2.25. The molecule has 0 unspecified atom stereocenters. The molecular weight excluding hydrogens is 134 g/mol. The smallest absolute Gasteiger partial charge is 0.0308 e. The fraction of sp³-hybridized carbons (Fsp3) is 0.600. The van der Waals surface area contributed by atoms with Crippen LogP contribution >= 0.6 is 0 Å². The van der Waals surface area contributed by atoms with E-state index in [1.807, 2.05) is 0 Å². The van der Waals surface area contributed by atoms with Crippen molar-refractivity contribution in [1.29, 1.82) is 0 Å². The molecule has 0 fully saturated rings. The topological polar surface area (TPSA) is 26.0 Å². The maximum Gasteiger partial charge on any atom is 0.0308 e. The highest BCUT2D eigenvalue weighted by atomic mass is 14.6. The van der Waals surface area contributed by atoms with Crippen molar-refractivity contribution in [2.75, 3.05) is 0 Å². The van der Waals surface area contributed by atoms with Gasteiger partial charge in [-0.3, -0.25) is 0 Å². The molecule has 0 aromatic carbocycles. The Morgan fingerprint density at radius 3 is 2.09 bits per heavy atom. The summed E-state index contributed by atoms with van der Waals surface area (Å²) in [6.45, 7) is 6.60. The van der Waals surface area contributed by atoms with E-state index in [-0.39, 0.29) is 5.41 Å². The largest absolute Gasteiger partial charge is 0.399 e. The molecule has 2 N–H and O–H groups in total. The van der Waals surface area contributed by atoms with E-state index in [4.69, 9.17) is 5.73 Å². The van der Waals surface area contributed by atoms with Crippen molar-refractivity contribution >= 4 is 0 Å². The molecule has 0 aromatic rings. The van der Waals surface area contributed by atoms with Crippen LogP contribution in [0, 0.1) is 5.41 Å². The van der Waals surface area contributed by atoms with E-state index < -0.39 is 0 Å². The minimum Gasteiger partial charge on any atom is -0.399 e. The van der Waals surface area contributed by atoms with Gasteiger partial charge in [0.2, 0.25) is 0 Å². The molecule has 0 aromatic heterocycles. The van der Waals surface area contributed by atoms with Gasteiger partial charge in [0.05, 0.1) is 0 Å². The fourth-order valence-corrected chi connectivity index (χ4v) is 1.43. The zero-order valence-electron chi connectivity index (χ0n) is 7.65. The first-order valence-corrected chi connectivity index (χ1v) is 4.18. The molecule has 0 saturated carbocycles. The lowest BCUT2D eigenvalue weighted by atomic mass is 9.82. The van der Waals surface area contributed by atoms with Crippen LogP contribution in [0.4, 0.5) is 0 Å². The lowest BCUT2D eigenvalue weighted by molar-refractivity contribution is 0.503. The molecule has 1 aliphatic rings. The first-order valence-electron chi connectivity index (χ1n) is 4.18. The van der Waals surface area contributed by atoms with Crippen LogP contribution in [0.3, 0.4) is 0 Å². The molecule has 0 atom stereocenters. The Morgan fingerprint density at radius 2 is 1.73 bits per heavy atom. The Balaban J connectivity index is 2.87. The minimum absolute atomic E-state index is 0.209. The van der Waals surface area contributed by atoms with Gasteiger partial charge in [0.1, 0.15) is 0 Å². The zero-order chi connectivity index (χ0) is 8.48. The zero-order valence-corrected chi connectivity index (χ0v) is 7.65. The summed E-state index contributed by atoms with van der Waals surface area (Å²) in [6, 6.07) is 0. The van der Waals surface area contributed by atoms with Gasteiger partial charge in [0.15, 0.2) is 0 Å². The second-order valence-electron chi connectivity index (χ2n) is 4.10. The summed E-state index contributed by atoms with van der Waals surface area (Å²) in [5.74, 6) is 0. The van der Waals surface area contributed by atoms with E-state index in [1.165, 1.54) is 5.57 Å². The van der Waals surface area contributed by atoms with Gasteiger partial charge in [-0.15, -0.1) is 0 Å². The van der Waals surface area contributed by atoms with Crippen LogP contribution in [0.25, 0.3) is 0 Å². The van der Waals surface area contributed by atoms with E-state index >= 15 is 0 Å². The number of allylic oxidation sites excluding steroid dienone is 3. The van der Waals surface area contributed by atoms with E-state index in [2.05, 4.69) is 32.9 Å². The molecule has 0 spiro atoms. The van der Waals surface area contributed by atoms with Gasteiger partial charge in [0.25, 0.3) is 0 Å². The Morgan fingerprint density at radius 1 is 1.18 bits per heavy atom. The molecule has 1 rings (SSSR count). The normalized spacial score (nSPS) is 19.2. The lowest BCUT2D eigenvalue weighted by Crippen LogP contribution is -2.17. The van der Waals surface area contributed by atoms with Crippen LogP contribution < -0.4 is 5.73 Å². The van der Waals surface area contributed by atoms with E-state index in [0.29, 0.717) is 0 Å². The quantitative estimate of drug-likeness (QED) is 0.566. The van der Waals surface area contributed by atoms with Crippen molar-refractivity contribution in [3.63, 3.8) is 0 Å². The van der Waals surface area contributed by atoms with Crippen molar-refractivity contribution in [2.45, 2.75) is 33.6 Å². The number of nitrogens with two attached hydrogens (primary N) is 1. The molecule has 0 heterocycles. The summed E-state index contributed by atoms with van der Waals surface area (Å²) in [4.78, 5) is 0. The predicted molar refractivity (Wildman–Crippen MR) is 49.0 cm³/mol. The first kappa shape index (κ1) is 8.38. The van der Waals surface area contributed by atoms with E-state index in [0.717, 1.165) is 18.5 Å². The number of hydrogen-bond acceptors (Lipinski definition) is 1. The van der Waals surface area contributed by atoms with Gasteiger partial charge >= 0.3 is 0 Å². The number of hydrogen-bond donors (Lipinski definition) is 1. The average molecular weight is 151 g/mol.